The quantitative estimate of drug-likeness (QED) is 0.230. The number of benzene rings is 3. The van der Waals surface area contributed by atoms with Gasteiger partial charge in [-0.15, -0.1) is 36.1 Å². The van der Waals surface area contributed by atoms with Crippen molar-refractivity contribution in [1.29, 1.82) is 0 Å². The topological polar surface area (TPSA) is 0 Å². The fourth-order valence-corrected chi connectivity index (χ4v) is 4.91. The third-order valence-corrected chi connectivity index (χ3v) is 7.21. The molecule has 0 fully saturated rings. The summed E-state index contributed by atoms with van der Waals surface area (Å²) in [5.74, 6) is 0. The number of allylic oxidation sites excluding steroid dienone is 4. The Hall–Kier alpha value is -1.93. The van der Waals surface area contributed by atoms with Crippen LogP contribution in [0.2, 0.25) is 0 Å². The van der Waals surface area contributed by atoms with E-state index in [1.54, 1.807) is 0 Å². The molecule has 4 aromatic rings. The average Bonchev–Trinajstić information content (AvgIpc) is 3.54. The molecule has 0 spiro atoms. The van der Waals surface area contributed by atoms with Gasteiger partial charge < -0.3 is 24.8 Å². The Morgan fingerprint density at radius 2 is 1.47 bits per heavy atom. The van der Waals surface area contributed by atoms with Gasteiger partial charge in [-0.05, 0) is 0 Å². The van der Waals surface area contributed by atoms with Gasteiger partial charge in [0, 0.05) is 0 Å². The van der Waals surface area contributed by atoms with Crippen molar-refractivity contribution in [1.82, 2.24) is 0 Å². The smallest absolute Gasteiger partial charge is 0.0809 e. The first-order valence-corrected chi connectivity index (χ1v) is 12.8. The van der Waals surface area contributed by atoms with Crippen LogP contribution in [0.3, 0.4) is 0 Å². The molecule has 1 aliphatic carbocycles. The van der Waals surface area contributed by atoms with Crippen molar-refractivity contribution >= 4 is 14.0 Å². The molecule has 0 bridgehead atoms. The molecule has 0 heterocycles. The summed E-state index contributed by atoms with van der Waals surface area (Å²) < 4.78 is 1.49. The van der Waals surface area contributed by atoms with E-state index in [2.05, 4.69) is 130 Å². The van der Waals surface area contributed by atoms with Crippen molar-refractivity contribution in [3.63, 3.8) is 0 Å². The van der Waals surface area contributed by atoms with Crippen molar-refractivity contribution in [2.24, 2.45) is 0 Å². The maximum Gasteiger partial charge on any atom is -0.0809 e. The standard InChI is InChI=1S/C17H18.C9H7.C5H5.2ClH.Hf/c1-17(2,3)16-12-8-7-11-15(16)13-14-9-5-4-6-10-14;1-2-5-9-7-3-6-8(9)4-1;1-2-4-5-3-1;;;/h4-12H,1-3H3;1-7H;1-3H,4H2;2*1H;/q;2*-1;;;+2/p-2. The maximum atomic E-state index is 2.99. The van der Waals surface area contributed by atoms with Gasteiger partial charge in [0.15, 0.2) is 0 Å². The Bertz CT molecular complexity index is 1150. The van der Waals surface area contributed by atoms with E-state index in [0.29, 0.717) is 0 Å². The van der Waals surface area contributed by atoms with Crippen LogP contribution in [0.5, 0.6) is 0 Å². The largest absolute Gasteiger partial charge is 1.00 e. The SMILES string of the molecule is CC(C)(C)c1ccccc1[C](=[Hf+2])c1ccccc1.[C-]1=CC=CC1.[Cl-].[Cl-].c1ccc2[cH-]ccc2c1. The van der Waals surface area contributed by atoms with Crippen LogP contribution in [-0.2, 0) is 29.3 Å². The molecule has 3 heteroatoms. The number of rotatable bonds is 2. The molecule has 0 aliphatic heterocycles. The van der Waals surface area contributed by atoms with Crippen molar-refractivity contribution in [2.75, 3.05) is 0 Å². The van der Waals surface area contributed by atoms with E-state index >= 15 is 0 Å². The second-order valence-corrected chi connectivity index (χ2v) is 10.5. The molecule has 4 aromatic carbocycles. The summed E-state index contributed by atoms with van der Waals surface area (Å²) in [7, 11) is 0. The third-order valence-electron chi connectivity index (χ3n) is 5.20. The minimum Gasteiger partial charge on any atom is -1.00 e. The Balaban J connectivity index is 0.000000299. The Kier molecular flexibility index (Phi) is 13.4. The van der Waals surface area contributed by atoms with Crippen LogP contribution in [0.1, 0.15) is 43.9 Å². The summed E-state index contributed by atoms with van der Waals surface area (Å²) in [4.78, 5) is 0. The van der Waals surface area contributed by atoms with Crippen LogP contribution in [0, 0.1) is 6.08 Å². The zero-order valence-electron chi connectivity index (χ0n) is 19.9. The summed E-state index contributed by atoms with van der Waals surface area (Å²) >= 11 is 1.06. The Morgan fingerprint density at radius 1 is 0.824 bits per heavy atom. The van der Waals surface area contributed by atoms with Gasteiger partial charge in [-0.2, -0.15) is 23.6 Å². The Labute approximate surface area is 232 Å². The second-order valence-electron chi connectivity index (χ2n) is 8.69. The molecule has 1 aliphatic rings. The van der Waals surface area contributed by atoms with Crippen LogP contribution in [0.15, 0.2) is 115 Å². The predicted molar refractivity (Wildman–Crippen MR) is 136 cm³/mol. The fraction of sp³-hybridized carbons (Fsp3) is 0.161. The van der Waals surface area contributed by atoms with Gasteiger partial charge in [0.25, 0.3) is 0 Å². The number of hydrogen-bond donors (Lipinski definition) is 0. The van der Waals surface area contributed by atoms with E-state index < -0.39 is 0 Å². The maximum absolute atomic E-state index is 2.99. The summed E-state index contributed by atoms with van der Waals surface area (Å²) in [6.45, 7) is 6.85. The summed E-state index contributed by atoms with van der Waals surface area (Å²) in [5, 5.41) is 2.66. The van der Waals surface area contributed by atoms with Gasteiger partial charge in [0.2, 0.25) is 0 Å². The average molecular weight is 652 g/mol. The van der Waals surface area contributed by atoms with Crippen molar-refractivity contribution in [3.8, 4) is 0 Å². The Morgan fingerprint density at radius 3 is 2.06 bits per heavy atom. The van der Waals surface area contributed by atoms with Crippen molar-refractivity contribution in [3.05, 3.63) is 138 Å². The van der Waals surface area contributed by atoms with Gasteiger partial charge in [-0.25, -0.2) is 12.2 Å². The molecule has 0 saturated heterocycles. The molecular weight excluding hydrogens is 622 g/mol. The molecule has 0 unspecified atom stereocenters. The first-order chi connectivity index (χ1) is 15.5. The number of halogens is 2. The third kappa shape index (κ3) is 9.02. The van der Waals surface area contributed by atoms with Gasteiger partial charge in [0.1, 0.15) is 0 Å². The zero-order valence-corrected chi connectivity index (χ0v) is 25.0. The van der Waals surface area contributed by atoms with Crippen LogP contribution >= 0.6 is 0 Å². The van der Waals surface area contributed by atoms with Crippen LogP contribution in [0.4, 0.5) is 0 Å². The molecule has 0 N–H and O–H groups in total. The normalized spacial score (nSPS) is 11.3. The summed E-state index contributed by atoms with van der Waals surface area (Å²) in [5.41, 5.74) is 4.42. The molecular formula is C31H30Cl2Hf-2. The minimum atomic E-state index is 0. The van der Waals surface area contributed by atoms with Crippen molar-refractivity contribution < 1.29 is 48.7 Å². The van der Waals surface area contributed by atoms with E-state index in [4.69, 9.17) is 0 Å². The van der Waals surface area contributed by atoms with Crippen LogP contribution in [0.25, 0.3) is 10.8 Å². The summed E-state index contributed by atoms with van der Waals surface area (Å²) in [6.07, 6.45) is 10.0. The molecule has 174 valence electrons. The molecule has 0 nitrogen and oxygen atoms in total. The molecule has 34 heavy (non-hydrogen) atoms. The van der Waals surface area contributed by atoms with E-state index in [1.807, 2.05) is 12.2 Å². The monoisotopic (exact) mass is 652 g/mol. The van der Waals surface area contributed by atoms with Gasteiger partial charge >= 0.3 is 125 Å². The molecule has 0 radical (unpaired) electrons. The van der Waals surface area contributed by atoms with E-state index in [1.165, 1.54) is 30.7 Å². The van der Waals surface area contributed by atoms with Gasteiger partial charge in [0.05, 0.1) is 0 Å². The first-order valence-electron chi connectivity index (χ1n) is 11.0. The van der Waals surface area contributed by atoms with Gasteiger partial charge in [-0.3, -0.25) is 6.08 Å². The van der Waals surface area contributed by atoms with E-state index in [0.717, 1.165) is 30.3 Å². The predicted octanol–water partition coefficient (Wildman–Crippen LogP) is 1.97. The van der Waals surface area contributed by atoms with E-state index in [9.17, 15) is 0 Å². The first kappa shape index (κ1) is 30.1. The second kappa shape index (κ2) is 15.1. The van der Waals surface area contributed by atoms with Crippen LogP contribution in [-0.4, -0.2) is 3.26 Å². The minimum absolute atomic E-state index is 0. The molecule has 0 aromatic heterocycles. The fourth-order valence-electron chi connectivity index (χ4n) is 3.53. The molecule has 0 amide bonds. The zero-order chi connectivity index (χ0) is 22.8. The number of hydrogen-bond acceptors (Lipinski definition) is 0. The molecule has 5 rings (SSSR count). The van der Waals surface area contributed by atoms with Crippen LogP contribution < -0.4 is 24.8 Å². The molecule has 0 saturated carbocycles. The van der Waals surface area contributed by atoms with Gasteiger partial charge in [-0.1, -0.05) is 6.07 Å². The number of fused-ring (bicyclic) bond motifs is 1. The molecule has 0 atom stereocenters. The van der Waals surface area contributed by atoms with Crippen molar-refractivity contribution in [2.45, 2.75) is 32.6 Å². The summed E-state index contributed by atoms with van der Waals surface area (Å²) in [6, 6.07) is 34.2. The van der Waals surface area contributed by atoms with E-state index in [-0.39, 0.29) is 30.2 Å².